The Balaban J connectivity index is 1.43. The van der Waals surface area contributed by atoms with Crippen LogP contribution in [0.5, 0.6) is 0 Å². The zero-order valence-corrected chi connectivity index (χ0v) is 19.5. The van der Waals surface area contributed by atoms with Crippen molar-refractivity contribution >= 4 is 33.8 Å². The first kappa shape index (κ1) is 22.1. The number of hydrogen-bond acceptors (Lipinski definition) is 3. The number of rotatable bonds is 6. The van der Waals surface area contributed by atoms with Gasteiger partial charge in [-0.3, -0.25) is 9.59 Å². The van der Waals surface area contributed by atoms with Crippen LogP contribution in [0.25, 0.3) is 6.08 Å². The maximum absolute atomic E-state index is 13.3. The van der Waals surface area contributed by atoms with Crippen LogP contribution in [-0.4, -0.2) is 41.9 Å². The van der Waals surface area contributed by atoms with Crippen LogP contribution in [0, 0.1) is 0 Å². The number of carbonyl (C=O) groups is 2. The van der Waals surface area contributed by atoms with Crippen LogP contribution in [0.3, 0.4) is 0 Å². The molecule has 2 atom stereocenters. The quantitative estimate of drug-likeness (QED) is 0.456. The molecule has 1 aromatic carbocycles. The molecule has 4 rings (SSSR count). The van der Waals surface area contributed by atoms with Gasteiger partial charge in [0.15, 0.2) is 5.76 Å². The van der Waals surface area contributed by atoms with E-state index in [4.69, 9.17) is 4.74 Å². The predicted molar refractivity (Wildman–Crippen MR) is 125 cm³/mol. The second-order valence-corrected chi connectivity index (χ2v) is 9.53. The minimum absolute atomic E-state index is 0.0237. The number of fused-ring (bicyclic) bond motifs is 1. The Morgan fingerprint density at radius 3 is 2.84 bits per heavy atom. The number of morpholine rings is 1. The van der Waals surface area contributed by atoms with E-state index < -0.39 is 0 Å². The molecule has 1 saturated heterocycles. The van der Waals surface area contributed by atoms with E-state index in [1.54, 1.807) is 11.0 Å². The average Bonchev–Trinajstić information content (AvgIpc) is 2.79. The van der Waals surface area contributed by atoms with Crippen molar-refractivity contribution < 1.29 is 14.3 Å². The van der Waals surface area contributed by atoms with E-state index >= 15 is 0 Å². The van der Waals surface area contributed by atoms with Crippen molar-refractivity contribution in [2.75, 3.05) is 13.1 Å². The molecule has 1 saturated carbocycles. The Labute approximate surface area is 193 Å². The van der Waals surface area contributed by atoms with Gasteiger partial charge in [-0.1, -0.05) is 52.2 Å². The van der Waals surface area contributed by atoms with E-state index in [0.717, 1.165) is 55.0 Å². The summed E-state index contributed by atoms with van der Waals surface area (Å²) in [7, 11) is 0. The highest BCUT2D eigenvalue weighted by Crippen LogP contribution is 2.33. The summed E-state index contributed by atoms with van der Waals surface area (Å²) in [6.07, 6.45) is 13.7. The van der Waals surface area contributed by atoms with E-state index in [0.29, 0.717) is 12.3 Å². The smallest absolute Gasteiger partial charge is 0.289 e. The van der Waals surface area contributed by atoms with Crippen molar-refractivity contribution in [3.8, 4) is 0 Å². The number of benzene rings is 1. The highest BCUT2D eigenvalue weighted by atomic mass is 79.9. The second kappa shape index (κ2) is 10.5. The Kier molecular flexibility index (Phi) is 7.49. The molecule has 0 aromatic heterocycles. The third-order valence-electron chi connectivity index (χ3n) is 6.48. The Morgan fingerprint density at radius 1 is 1.19 bits per heavy atom. The molecule has 5 nitrogen and oxygen atoms in total. The molecular weight excluding hydrogens is 456 g/mol. The summed E-state index contributed by atoms with van der Waals surface area (Å²) in [5, 5.41) is 3.03. The molecule has 0 radical (unpaired) electrons. The topological polar surface area (TPSA) is 58.6 Å². The molecule has 1 N–H and O–H groups in total. The Bertz CT molecular complexity index is 879. The number of hydrogen-bond donors (Lipinski definition) is 1. The van der Waals surface area contributed by atoms with Gasteiger partial charge in [0.25, 0.3) is 5.91 Å². The second-order valence-electron chi connectivity index (χ2n) is 8.68. The zero-order valence-electron chi connectivity index (χ0n) is 17.9. The highest BCUT2D eigenvalue weighted by Gasteiger charge is 2.42. The molecule has 2 unspecified atom stereocenters. The molecule has 2 amide bonds. The van der Waals surface area contributed by atoms with Crippen molar-refractivity contribution in [2.45, 2.75) is 69.9 Å². The van der Waals surface area contributed by atoms with Gasteiger partial charge in [0.1, 0.15) is 12.6 Å². The van der Waals surface area contributed by atoms with Gasteiger partial charge in [-0.25, -0.2) is 0 Å². The van der Waals surface area contributed by atoms with Gasteiger partial charge in [0.05, 0.1) is 6.04 Å². The van der Waals surface area contributed by atoms with Gasteiger partial charge in [0, 0.05) is 11.0 Å². The SMILES string of the molecule is O=C(CN1C(=O)/C(=C\c2ccccc2Br)OC2CCCCC21)NCCC1=CCCCC1. The van der Waals surface area contributed by atoms with Crippen molar-refractivity contribution in [3.63, 3.8) is 0 Å². The first-order chi connectivity index (χ1) is 15.1. The Hall–Kier alpha value is -2.08. The lowest BCUT2D eigenvalue weighted by atomic mass is 9.89. The number of allylic oxidation sites excluding steroid dienone is 1. The van der Waals surface area contributed by atoms with Crippen LogP contribution >= 0.6 is 15.9 Å². The lowest BCUT2D eigenvalue weighted by Gasteiger charge is -2.44. The van der Waals surface area contributed by atoms with Crippen LogP contribution in [0.1, 0.15) is 63.4 Å². The maximum atomic E-state index is 13.3. The number of amides is 2. The van der Waals surface area contributed by atoms with Crippen LogP contribution in [0.4, 0.5) is 0 Å². The fraction of sp³-hybridized carbons (Fsp3) is 0.520. The minimum atomic E-state index is -0.191. The molecule has 6 heteroatoms. The summed E-state index contributed by atoms with van der Waals surface area (Å²) in [5.41, 5.74) is 2.34. The average molecular weight is 487 g/mol. The van der Waals surface area contributed by atoms with Gasteiger partial charge in [0.2, 0.25) is 5.91 Å². The molecule has 3 aliphatic rings. The molecule has 31 heavy (non-hydrogen) atoms. The summed E-state index contributed by atoms with van der Waals surface area (Å²) < 4.78 is 7.05. The van der Waals surface area contributed by atoms with Crippen LogP contribution in [-0.2, 0) is 14.3 Å². The summed E-state index contributed by atoms with van der Waals surface area (Å²) in [5.74, 6) is 0.0514. The summed E-state index contributed by atoms with van der Waals surface area (Å²) in [6, 6.07) is 7.73. The van der Waals surface area contributed by atoms with Crippen molar-refractivity contribution in [2.24, 2.45) is 0 Å². The number of carbonyl (C=O) groups excluding carboxylic acids is 2. The molecule has 1 aromatic rings. The minimum Gasteiger partial charge on any atom is -0.482 e. The van der Waals surface area contributed by atoms with E-state index in [1.807, 2.05) is 24.3 Å². The summed E-state index contributed by atoms with van der Waals surface area (Å²) in [6.45, 7) is 0.729. The van der Waals surface area contributed by atoms with E-state index in [9.17, 15) is 9.59 Å². The molecule has 0 bridgehead atoms. The number of halogens is 1. The summed E-state index contributed by atoms with van der Waals surface area (Å²) >= 11 is 3.53. The molecule has 1 heterocycles. The van der Waals surface area contributed by atoms with Gasteiger partial charge in [-0.2, -0.15) is 0 Å². The normalized spacial score (nSPS) is 24.9. The van der Waals surface area contributed by atoms with Crippen LogP contribution in [0.2, 0.25) is 0 Å². The van der Waals surface area contributed by atoms with Crippen molar-refractivity contribution in [1.82, 2.24) is 10.2 Å². The first-order valence-corrected chi connectivity index (χ1v) is 12.3. The van der Waals surface area contributed by atoms with Crippen LogP contribution in [0.15, 0.2) is 46.1 Å². The zero-order chi connectivity index (χ0) is 21.6. The predicted octanol–water partition coefficient (Wildman–Crippen LogP) is 4.97. The standard InChI is InChI=1S/C25H31BrN2O3/c26-20-11-5-4-10-19(20)16-23-25(30)28(21-12-6-7-13-22(21)31-23)17-24(29)27-15-14-18-8-2-1-3-9-18/h4-5,8,10-11,16,21-22H,1-3,6-7,9,12-15,17H2,(H,27,29)/b23-16+. The molecule has 2 aliphatic carbocycles. The molecule has 1 aliphatic heterocycles. The van der Waals surface area contributed by atoms with E-state index in [2.05, 4.69) is 27.3 Å². The monoisotopic (exact) mass is 486 g/mol. The van der Waals surface area contributed by atoms with Crippen LogP contribution < -0.4 is 5.32 Å². The van der Waals surface area contributed by atoms with E-state index in [1.165, 1.54) is 18.4 Å². The Morgan fingerprint density at radius 2 is 2.03 bits per heavy atom. The molecular formula is C25H31BrN2O3. The number of nitrogens with one attached hydrogen (secondary N) is 1. The lowest BCUT2D eigenvalue weighted by molar-refractivity contribution is -0.151. The first-order valence-electron chi connectivity index (χ1n) is 11.5. The maximum Gasteiger partial charge on any atom is 0.289 e. The number of ether oxygens (including phenoxy) is 1. The van der Waals surface area contributed by atoms with Crippen molar-refractivity contribution in [1.29, 1.82) is 0 Å². The molecule has 0 spiro atoms. The fourth-order valence-electron chi connectivity index (χ4n) is 4.80. The summed E-state index contributed by atoms with van der Waals surface area (Å²) in [4.78, 5) is 27.7. The largest absolute Gasteiger partial charge is 0.482 e. The third kappa shape index (κ3) is 5.59. The van der Waals surface area contributed by atoms with E-state index in [-0.39, 0.29) is 30.5 Å². The van der Waals surface area contributed by atoms with Gasteiger partial charge < -0.3 is 15.0 Å². The van der Waals surface area contributed by atoms with Gasteiger partial charge in [-0.05, 0) is 69.1 Å². The molecule has 166 valence electrons. The fourth-order valence-corrected chi connectivity index (χ4v) is 5.20. The van der Waals surface area contributed by atoms with Gasteiger partial charge in [-0.15, -0.1) is 0 Å². The van der Waals surface area contributed by atoms with Gasteiger partial charge >= 0.3 is 0 Å². The highest BCUT2D eigenvalue weighted by molar-refractivity contribution is 9.10. The molecule has 2 fully saturated rings. The third-order valence-corrected chi connectivity index (χ3v) is 7.20. The van der Waals surface area contributed by atoms with Crippen molar-refractivity contribution in [3.05, 3.63) is 51.7 Å². The lowest BCUT2D eigenvalue weighted by Crippen LogP contribution is -2.57. The number of nitrogens with zero attached hydrogens (tertiary/aromatic N) is 1.